The Morgan fingerprint density at radius 1 is 1.19 bits per heavy atom. The number of nitrogens with zero attached hydrogens (tertiary/aromatic N) is 1. The van der Waals surface area contributed by atoms with Gasteiger partial charge in [0.2, 0.25) is 0 Å². The van der Waals surface area contributed by atoms with Gasteiger partial charge in [-0.25, -0.2) is 4.39 Å². The molecule has 108 valence electrons. The quantitative estimate of drug-likeness (QED) is 0.884. The first-order valence-corrected chi connectivity index (χ1v) is 6.39. The van der Waals surface area contributed by atoms with Crippen molar-refractivity contribution in [1.82, 2.24) is 0 Å². The first-order chi connectivity index (χ1) is 10.2. The minimum Gasteiger partial charge on any atom is -0.494 e. The fourth-order valence-corrected chi connectivity index (χ4v) is 1.87. The second kappa shape index (κ2) is 7.15. The van der Waals surface area contributed by atoms with Crippen LogP contribution in [0.4, 0.5) is 10.1 Å². The average molecular weight is 286 g/mol. The number of hydrogen-bond donors (Lipinski definition) is 1. The zero-order valence-corrected chi connectivity index (χ0v) is 11.6. The molecule has 0 radical (unpaired) electrons. The van der Waals surface area contributed by atoms with E-state index in [4.69, 9.17) is 14.7 Å². The van der Waals surface area contributed by atoms with Crippen LogP contribution >= 0.6 is 0 Å². The lowest BCUT2D eigenvalue weighted by molar-refractivity contribution is 0.364. The second-order valence-corrected chi connectivity index (χ2v) is 4.26. The van der Waals surface area contributed by atoms with Crippen LogP contribution in [0.1, 0.15) is 5.56 Å². The number of para-hydroxylation sites is 1. The molecule has 0 unspecified atom stereocenters. The SMILES string of the molecule is COc1cc(NCc2ccccc2OCC#N)ccc1F. The van der Waals surface area contributed by atoms with Crippen molar-refractivity contribution in [3.05, 3.63) is 53.8 Å². The van der Waals surface area contributed by atoms with Gasteiger partial charge >= 0.3 is 0 Å². The van der Waals surface area contributed by atoms with Gasteiger partial charge in [0, 0.05) is 23.9 Å². The lowest BCUT2D eigenvalue weighted by Crippen LogP contribution is -2.04. The van der Waals surface area contributed by atoms with E-state index >= 15 is 0 Å². The van der Waals surface area contributed by atoms with Gasteiger partial charge in [-0.2, -0.15) is 5.26 Å². The van der Waals surface area contributed by atoms with Crippen LogP contribution in [0.2, 0.25) is 0 Å². The van der Waals surface area contributed by atoms with E-state index in [1.165, 1.54) is 13.2 Å². The molecule has 0 spiro atoms. The van der Waals surface area contributed by atoms with Crippen LogP contribution in [0.25, 0.3) is 0 Å². The van der Waals surface area contributed by atoms with E-state index in [2.05, 4.69) is 5.32 Å². The van der Waals surface area contributed by atoms with Crippen LogP contribution < -0.4 is 14.8 Å². The van der Waals surface area contributed by atoms with Crippen LogP contribution in [-0.2, 0) is 6.54 Å². The van der Waals surface area contributed by atoms with Crippen molar-refractivity contribution < 1.29 is 13.9 Å². The number of rotatable bonds is 6. The molecule has 0 fully saturated rings. The molecule has 2 aromatic rings. The molecule has 2 rings (SSSR count). The summed E-state index contributed by atoms with van der Waals surface area (Å²) in [5.41, 5.74) is 1.65. The molecule has 2 aromatic carbocycles. The monoisotopic (exact) mass is 286 g/mol. The lowest BCUT2D eigenvalue weighted by atomic mass is 10.2. The molecule has 0 bridgehead atoms. The molecule has 0 atom stereocenters. The van der Waals surface area contributed by atoms with Crippen LogP contribution in [0.3, 0.4) is 0 Å². The van der Waals surface area contributed by atoms with Gasteiger partial charge in [-0.05, 0) is 18.2 Å². The molecule has 5 heteroatoms. The summed E-state index contributed by atoms with van der Waals surface area (Å²) in [6.45, 7) is 0.498. The predicted octanol–water partition coefficient (Wildman–Crippen LogP) is 3.35. The van der Waals surface area contributed by atoms with E-state index in [-0.39, 0.29) is 12.4 Å². The molecule has 0 saturated heterocycles. The van der Waals surface area contributed by atoms with Crippen LogP contribution in [0.5, 0.6) is 11.5 Å². The summed E-state index contributed by atoms with van der Waals surface area (Å²) in [4.78, 5) is 0. The number of benzene rings is 2. The minimum absolute atomic E-state index is 0.00137. The summed E-state index contributed by atoms with van der Waals surface area (Å²) in [6.07, 6.45) is 0. The van der Waals surface area contributed by atoms with E-state index in [0.29, 0.717) is 12.3 Å². The Bertz CT molecular complexity index is 653. The van der Waals surface area contributed by atoms with E-state index in [9.17, 15) is 4.39 Å². The molecule has 0 aromatic heterocycles. The molecule has 0 aliphatic rings. The van der Waals surface area contributed by atoms with Gasteiger partial charge in [0.15, 0.2) is 18.2 Å². The van der Waals surface area contributed by atoms with Crippen molar-refractivity contribution in [2.45, 2.75) is 6.54 Å². The van der Waals surface area contributed by atoms with Crippen molar-refractivity contribution in [3.8, 4) is 17.6 Å². The summed E-state index contributed by atoms with van der Waals surface area (Å²) in [6, 6.07) is 14.0. The van der Waals surface area contributed by atoms with Crippen molar-refractivity contribution >= 4 is 5.69 Å². The number of halogens is 1. The standard InChI is InChI=1S/C16H15FN2O2/c1-20-16-10-13(6-7-14(16)17)19-11-12-4-2-3-5-15(12)21-9-8-18/h2-7,10,19H,9,11H2,1H3. The topological polar surface area (TPSA) is 54.3 Å². The largest absolute Gasteiger partial charge is 0.494 e. The van der Waals surface area contributed by atoms with E-state index in [0.717, 1.165) is 11.3 Å². The minimum atomic E-state index is -0.402. The van der Waals surface area contributed by atoms with Gasteiger partial charge in [-0.3, -0.25) is 0 Å². The van der Waals surface area contributed by atoms with E-state index < -0.39 is 5.82 Å². The molecule has 0 amide bonds. The van der Waals surface area contributed by atoms with Gasteiger partial charge < -0.3 is 14.8 Å². The predicted molar refractivity (Wildman–Crippen MR) is 77.8 cm³/mol. The first-order valence-electron chi connectivity index (χ1n) is 6.39. The number of methoxy groups -OCH3 is 1. The molecular formula is C16H15FN2O2. The Kier molecular flexibility index (Phi) is 4.99. The zero-order valence-electron chi connectivity index (χ0n) is 11.6. The van der Waals surface area contributed by atoms with Gasteiger partial charge in [0.1, 0.15) is 11.8 Å². The summed E-state index contributed by atoms with van der Waals surface area (Å²) in [5.74, 6) is 0.440. The van der Waals surface area contributed by atoms with Crippen molar-refractivity contribution in [2.75, 3.05) is 19.0 Å². The van der Waals surface area contributed by atoms with Gasteiger partial charge in [-0.15, -0.1) is 0 Å². The maximum Gasteiger partial charge on any atom is 0.174 e. The summed E-state index contributed by atoms with van der Waals surface area (Å²) in [5, 5.41) is 11.7. The molecular weight excluding hydrogens is 271 g/mol. The Labute approximate surface area is 122 Å². The summed E-state index contributed by atoms with van der Waals surface area (Å²) < 4.78 is 23.6. The van der Waals surface area contributed by atoms with Crippen LogP contribution in [-0.4, -0.2) is 13.7 Å². The van der Waals surface area contributed by atoms with E-state index in [1.807, 2.05) is 24.3 Å². The lowest BCUT2D eigenvalue weighted by Gasteiger charge is -2.12. The maximum absolute atomic E-state index is 13.3. The van der Waals surface area contributed by atoms with Crippen molar-refractivity contribution in [2.24, 2.45) is 0 Å². The Balaban J connectivity index is 2.08. The summed E-state index contributed by atoms with van der Waals surface area (Å²) in [7, 11) is 1.42. The van der Waals surface area contributed by atoms with Gasteiger partial charge in [-0.1, -0.05) is 18.2 Å². The molecule has 4 nitrogen and oxygen atoms in total. The van der Waals surface area contributed by atoms with Crippen LogP contribution in [0, 0.1) is 17.1 Å². The second-order valence-electron chi connectivity index (χ2n) is 4.26. The third-order valence-electron chi connectivity index (χ3n) is 2.90. The number of ether oxygens (including phenoxy) is 2. The molecule has 1 N–H and O–H groups in total. The maximum atomic E-state index is 13.3. The highest BCUT2D eigenvalue weighted by molar-refractivity contribution is 5.50. The fourth-order valence-electron chi connectivity index (χ4n) is 1.87. The Morgan fingerprint density at radius 3 is 2.76 bits per heavy atom. The highest BCUT2D eigenvalue weighted by Gasteiger charge is 2.05. The molecule has 0 saturated carbocycles. The smallest absolute Gasteiger partial charge is 0.174 e. The molecule has 0 aliphatic carbocycles. The zero-order chi connectivity index (χ0) is 15.1. The Hall–Kier alpha value is -2.74. The number of nitrogens with one attached hydrogen (secondary N) is 1. The number of anilines is 1. The third-order valence-corrected chi connectivity index (χ3v) is 2.90. The third kappa shape index (κ3) is 3.86. The van der Waals surface area contributed by atoms with E-state index in [1.54, 1.807) is 18.2 Å². The summed E-state index contributed by atoms with van der Waals surface area (Å²) >= 11 is 0. The van der Waals surface area contributed by atoms with Crippen molar-refractivity contribution in [1.29, 1.82) is 5.26 Å². The molecule has 0 heterocycles. The number of nitriles is 1. The van der Waals surface area contributed by atoms with Crippen LogP contribution in [0.15, 0.2) is 42.5 Å². The first kappa shape index (κ1) is 14.7. The normalized spacial score (nSPS) is 9.76. The highest BCUT2D eigenvalue weighted by Crippen LogP contribution is 2.23. The van der Waals surface area contributed by atoms with Gasteiger partial charge in [0.25, 0.3) is 0 Å². The van der Waals surface area contributed by atoms with Gasteiger partial charge in [0.05, 0.1) is 7.11 Å². The average Bonchev–Trinajstić information content (AvgIpc) is 2.53. The molecule has 21 heavy (non-hydrogen) atoms. The fraction of sp³-hybridized carbons (Fsp3) is 0.188. The van der Waals surface area contributed by atoms with Crippen molar-refractivity contribution in [3.63, 3.8) is 0 Å². The Morgan fingerprint density at radius 2 is 2.00 bits per heavy atom. The highest BCUT2D eigenvalue weighted by atomic mass is 19.1. The number of hydrogen-bond acceptors (Lipinski definition) is 4. The molecule has 0 aliphatic heterocycles.